The Morgan fingerprint density at radius 1 is 1.21 bits per heavy atom. The first-order valence-corrected chi connectivity index (χ1v) is 9.08. The molecule has 1 amide bonds. The fraction of sp³-hybridized carbons (Fsp3) is 0.647. The number of carbonyl (C=O) groups is 1. The monoisotopic (exact) mass is 326 g/mol. The van der Waals surface area contributed by atoms with Gasteiger partial charge in [-0.05, 0) is 44.9 Å². The molecule has 2 aliphatic carbocycles. The second-order valence-electron chi connectivity index (χ2n) is 7.22. The molecule has 7 heteroatoms. The molecule has 1 aliphatic heterocycles. The number of amides is 1. The Bertz CT molecular complexity index is 783. The highest BCUT2D eigenvalue weighted by molar-refractivity contribution is 5.95. The quantitative estimate of drug-likeness (QED) is 0.911. The lowest BCUT2D eigenvalue weighted by atomic mass is 10.1. The molecule has 0 aromatic carbocycles. The van der Waals surface area contributed by atoms with Crippen LogP contribution in [0.1, 0.15) is 78.2 Å². The van der Waals surface area contributed by atoms with E-state index in [4.69, 9.17) is 0 Å². The minimum absolute atomic E-state index is 0.0449. The van der Waals surface area contributed by atoms with Crippen LogP contribution in [0.3, 0.4) is 0 Å². The van der Waals surface area contributed by atoms with Gasteiger partial charge in [-0.1, -0.05) is 0 Å². The smallest absolute Gasteiger partial charge is 0.255 e. The van der Waals surface area contributed by atoms with Crippen molar-refractivity contribution in [3.63, 3.8) is 0 Å². The van der Waals surface area contributed by atoms with Gasteiger partial charge in [-0.25, -0.2) is 0 Å². The van der Waals surface area contributed by atoms with Crippen LogP contribution in [-0.4, -0.2) is 30.5 Å². The van der Waals surface area contributed by atoms with Crippen LogP contribution in [0, 0.1) is 0 Å². The summed E-state index contributed by atoms with van der Waals surface area (Å²) >= 11 is 0. The van der Waals surface area contributed by atoms with Crippen LogP contribution in [-0.2, 0) is 19.5 Å². The van der Waals surface area contributed by atoms with Crippen molar-refractivity contribution in [1.29, 1.82) is 0 Å². The van der Waals surface area contributed by atoms with Crippen molar-refractivity contribution in [2.75, 3.05) is 0 Å². The summed E-state index contributed by atoms with van der Waals surface area (Å²) in [4.78, 5) is 12.6. The van der Waals surface area contributed by atoms with Gasteiger partial charge in [-0.3, -0.25) is 9.48 Å². The van der Waals surface area contributed by atoms with Crippen LogP contribution < -0.4 is 5.32 Å². The van der Waals surface area contributed by atoms with Crippen molar-refractivity contribution in [2.45, 2.75) is 70.0 Å². The molecular weight excluding hydrogens is 304 g/mol. The molecule has 0 saturated heterocycles. The Morgan fingerprint density at radius 3 is 2.88 bits per heavy atom. The van der Waals surface area contributed by atoms with Crippen molar-refractivity contribution in [1.82, 2.24) is 29.9 Å². The lowest BCUT2D eigenvalue weighted by Crippen LogP contribution is -2.26. The second-order valence-corrected chi connectivity index (χ2v) is 7.22. The molecule has 1 N–H and O–H groups in total. The summed E-state index contributed by atoms with van der Waals surface area (Å²) in [5.74, 6) is 2.57. The average Bonchev–Trinajstić information content (AvgIpc) is 3.54. The molecule has 126 valence electrons. The molecule has 3 heterocycles. The Labute approximate surface area is 140 Å². The highest BCUT2D eigenvalue weighted by Crippen LogP contribution is 2.44. The zero-order valence-corrected chi connectivity index (χ0v) is 13.7. The fourth-order valence-corrected chi connectivity index (χ4v) is 3.67. The molecule has 0 unspecified atom stereocenters. The minimum atomic E-state index is -0.0449. The number of carbonyl (C=O) groups excluding carboxylic acids is 1. The van der Waals surface area contributed by atoms with Crippen LogP contribution in [0.25, 0.3) is 0 Å². The first-order valence-electron chi connectivity index (χ1n) is 9.08. The van der Waals surface area contributed by atoms with E-state index in [2.05, 4.69) is 25.2 Å². The summed E-state index contributed by atoms with van der Waals surface area (Å²) in [5, 5.41) is 16.1. The van der Waals surface area contributed by atoms with Gasteiger partial charge in [0.15, 0.2) is 5.82 Å². The van der Waals surface area contributed by atoms with Crippen molar-refractivity contribution < 1.29 is 4.79 Å². The van der Waals surface area contributed by atoms with Gasteiger partial charge in [0.1, 0.15) is 5.82 Å². The van der Waals surface area contributed by atoms with Gasteiger partial charge in [0, 0.05) is 18.5 Å². The lowest BCUT2D eigenvalue weighted by Gasteiger charge is -2.14. The van der Waals surface area contributed by atoms with Crippen LogP contribution in [0.2, 0.25) is 0 Å². The number of hydrogen-bond donors (Lipinski definition) is 1. The Hall–Kier alpha value is -2.18. The minimum Gasteiger partial charge on any atom is -0.345 e. The summed E-state index contributed by atoms with van der Waals surface area (Å²) in [5.41, 5.74) is 1.79. The van der Waals surface area contributed by atoms with Gasteiger partial charge in [0.25, 0.3) is 5.91 Å². The highest BCUT2D eigenvalue weighted by atomic mass is 16.1. The molecule has 24 heavy (non-hydrogen) atoms. The molecular formula is C17H22N6O. The summed E-state index contributed by atoms with van der Waals surface area (Å²) in [6.07, 6.45) is 9.77. The fourth-order valence-electron chi connectivity index (χ4n) is 3.67. The Balaban J connectivity index is 1.32. The topological polar surface area (TPSA) is 77.6 Å². The van der Waals surface area contributed by atoms with Gasteiger partial charge in [0.05, 0.1) is 24.0 Å². The molecule has 0 radical (unpaired) electrons. The van der Waals surface area contributed by atoms with E-state index in [9.17, 15) is 4.79 Å². The number of hydrogen-bond acceptors (Lipinski definition) is 4. The number of aromatic nitrogens is 5. The number of nitrogens with one attached hydrogen (secondary N) is 1. The maximum Gasteiger partial charge on any atom is 0.255 e. The number of aryl methyl sites for hydroxylation is 1. The molecule has 7 nitrogen and oxygen atoms in total. The summed E-state index contributed by atoms with van der Waals surface area (Å²) in [6, 6.07) is 0.548. The van der Waals surface area contributed by atoms with Crippen LogP contribution in [0.5, 0.6) is 0 Å². The van der Waals surface area contributed by atoms with E-state index in [1.54, 1.807) is 6.20 Å². The summed E-state index contributed by atoms with van der Waals surface area (Å²) in [7, 11) is 0. The van der Waals surface area contributed by atoms with Crippen LogP contribution >= 0.6 is 0 Å². The van der Waals surface area contributed by atoms with Gasteiger partial charge < -0.3 is 9.88 Å². The largest absolute Gasteiger partial charge is 0.345 e. The SMILES string of the molecule is O=C(NCc1nnc(C2CC2)n1C1CC1)c1cnn2c1CCCC2. The predicted octanol–water partition coefficient (Wildman–Crippen LogP) is 1.95. The van der Waals surface area contributed by atoms with Crippen LogP contribution in [0.4, 0.5) is 0 Å². The molecule has 0 spiro atoms. The van der Waals surface area contributed by atoms with Crippen molar-refractivity contribution in [2.24, 2.45) is 0 Å². The van der Waals surface area contributed by atoms with Gasteiger partial charge in [-0.2, -0.15) is 5.10 Å². The maximum absolute atomic E-state index is 12.6. The molecule has 2 aromatic rings. The number of rotatable bonds is 5. The third-order valence-corrected chi connectivity index (χ3v) is 5.28. The van der Waals surface area contributed by atoms with E-state index in [1.807, 2.05) is 4.68 Å². The van der Waals surface area contributed by atoms with Crippen molar-refractivity contribution in [3.8, 4) is 0 Å². The first kappa shape index (κ1) is 14.2. The number of nitrogens with zero attached hydrogens (tertiary/aromatic N) is 5. The van der Waals surface area contributed by atoms with Gasteiger partial charge in [-0.15, -0.1) is 10.2 Å². The summed E-state index contributed by atoms with van der Waals surface area (Å²) in [6.45, 7) is 1.36. The third kappa shape index (κ3) is 2.42. The highest BCUT2D eigenvalue weighted by Gasteiger charge is 2.36. The van der Waals surface area contributed by atoms with E-state index < -0.39 is 0 Å². The standard InChI is InChI=1S/C17H22N6O/c24-17(13-9-19-22-8-2-1-3-14(13)22)18-10-15-20-21-16(11-4-5-11)23(15)12-6-7-12/h9,11-12H,1-8,10H2,(H,18,24). The van der Waals surface area contributed by atoms with E-state index >= 15 is 0 Å². The first-order chi connectivity index (χ1) is 11.8. The molecule has 2 fully saturated rings. The van der Waals surface area contributed by atoms with E-state index in [1.165, 1.54) is 25.7 Å². The number of fused-ring (bicyclic) bond motifs is 1. The van der Waals surface area contributed by atoms with E-state index in [0.29, 0.717) is 18.5 Å². The normalized spacial score (nSPS) is 20.0. The van der Waals surface area contributed by atoms with Gasteiger partial charge >= 0.3 is 0 Å². The third-order valence-electron chi connectivity index (χ3n) is 5.28. The van der Waals surface area contributed by atoms with E-state index in [0.717, 1.165) is 48.7 Å². The Kier molecular flexibility index (Phi) is 3.21. The molecule has 0 atom stereocenters. The zero-order chi connectivity index (χ0) is 16.1. The molecule has 2 aromatic heterocycles. The molecule has 5 rings (SSSR count). The summed E-state index contributed by atoms with van der Waals surface area (Å²) < 4.78 is 4.25. The van der Waals surface area contributed by atoms with Gasteiger partial charge in [0.2, 0.25) is 0 Å². The molecule has 3 aliphatic rings. The maximum atomic E-state index is 12.6. The molecule has 0 bridgehead atoms. The molecule has 2 saturated carbocycles. The van der Waals surface area contributed by atoms with Crippen molar-refractivity contribution >= 4 is 5.91 Å². The second kappa shape index (κ2) is 5.43. The lowest BCUT2D eigenvalue weighted by molar-refractivity contribution is 0.0948. The average molecular weight is 326 g/mol. The van der Waals surface area contributed by atoms with Crippen molar-refractivity contribution in [3.05, 3.63) is 29.1 Å². The van der Waals surface area contributed by atoms with Crippen LogP contribution in [0.15, 0.2) is 6.20 Å². The van der Waals surface area contributed by atoms with E-state index in [-0.39, 0.29) is 5.91 Å². The predicted molar refractivity (Wildman–Crippen MR) is 86.6 cm³/mol. The zero-order valence-electron chi connectivity index (χ0n) is 13.7. The Morgan fingerprint density at radius 2 is 2.08 bits per heavy atom.